The molecular weight excluding hydrogens is 347 g/mol. The third-order valence-electron chi connectivity index (χ3n) is 5.14. The van der Waals surface area contributed by atoms with Crippen LogP contribution in [0.15, 0.2) is 29.2 Å². The largest absolute Gasteiger partial charge is 0.383 e. The second kappa shape index (κ2) is 7.01. The van der Waals surface area contributed by atoms with Gasteiger partial charge in [-0.25, -0.2) is 12.8 Å². The fourth-order valence-corrected chi connectivity index (χ4v) is 5.32. The molecule has 2 fully saturated rings. The van der Waals surface area contributed by atoms with Crippen molar-refractivity contribution in [3.8, 4) is 0 Å². The average Bonchev–Trinajstić information content (AvgIpc) is 3.02. The monoisotopic (exact) mass is 370 g/mol. The van der Waals surface area contributed by atoms with Gasteiger partial charge in [0.05, 0.1) is 16.9 Å². The van der Waals surface area contributed by atoms with Gasteiger partial charge in [0, 0.05) is 33.3 Å². The maximum atomic E-state index is 13.4. The standard InChI is InChI=1S/C17H23FN2O4S/c1-24-11-10-19-8-3-6-17(16(19)21)7-9-20(13-17)25(22,23)15-5-2-4-14(18)12-15/h2,4-5,12H,3,6-11,13H2,1H3/t17-/m1/s1. The van der Waals surface area contributed by atoms with Crippen LogP contribution >= 0.6 is 0 Å². The average molecular weight is 370 g/mol. The van der Waals surface area contributed by atoms with E-state index in [1.807, 2.05) is 0 Å². The van der Waals surface area contributed by atoms with Crippen molar-refractivity contribution < 1.29 is 22.3 Å². The molecule has 1 amide bonds. The van der Waals surface area contributed by atoms with Crippen LogP contribution in [0.2, 0.25) is 0 Å². The smallest absolute Gasteiger partial charge is 0.243 e. The van der Waals surface area contributed by atoms with E-state index in [9.17, 15) is 17.6 Å². The SMILES string of the molecule is COCCN1CCC[C@]2(CCN(S(=O)(=O)c3cccc(F)c3)C2)C1=O. The number of hydrogen-bond donors (Lipinski definition) is 0. The molecule has 2 saturated heterocycles. The number of piperidine rings is 1. The highest BCUT2D eigenvalue weighted by Crippen LogP contribution is 2.41. The quantitative estimate of drug-likeness (QED) is 0.787. The predicted octanol–water partition coefficient (Wildman–Crippen LogP) is 1.48. The Kier molecular flexibility index (Phi) is 5.13. The van der Waals surface area contributed by atoms with Gasteiger partial charge in [-0.15, -0.1) is 0 Å². The van der Waals surface area contributed by atoms with Gasteiger partial charge in [-0.05, 0) is 37.5 Å². The molecule has 1 aromatic carbocycles. The van der Waals surface area contributed by atoms with E-state index in [-0.39, 0.29) is 23.9 Å². The fraction of sp³-hybridized carbons (Fsp3) is 0.588. The van der Waals surface area contributed by atoms with E-state index in [0.717, 1.165) is 12.5 Å². The second-order valence-corrected chi connectivity index (χ2v) is 8.65. The Hall–Kier alpha value is -1.51. The van der Waals surface area contributed by atoms with Crippen LogP contribution in [0.5, 0.6) is 0 Å². The molecule has 138 valence electrons. The fourth-order valence-electron chi connectivity index (χ4n) is 3.76. The number of hydrogen-bond acceptors (Lipinski definition) is 4. The first-order valence-electron chi connectivity index (χ1n) is 8.43. The first-order chi connectivity index (χ1) is 11.9. The summed E-state index contributed by atoms with van der Waals surface area (Å²) in [6, 6.07) is 5.00. The van der Waals surface area contributed by atoms with Crippen molar-refractivity contribution in [1.82, 2.24) is 9.21 Å². The van der Waals surface area contributed by atoms with Gasteiger partial charge in [-0.1, -0.05) is 6.07 Å². The van der Waals surface area contributed by atoms with Gasteiger partial charge >= 0.3 is 0 Å². The van der Waals surface area contributed by atoms with Crippen LogP contribution in [-0.4, -0.2) is 63.4 Å². The molecule has 2 aliphatic rings. The summed E-state index contributed by atoms with van der Waals surface area (Å²) in [7, 11) is -2.21. The van der Waals surface area contributed by atoms with E-state index in [1.165, 1.54) is 22.5 Å². The first kappa shape index (κ1) is 18.3. The third kappa shape index (κ3) is 3.43. The lowest BCUT2D eigenvalue weighted by Crippen LogP contribution is -2.51. The Morgan fingerprint density at radius 2 is 2.08 bits per heavy atom. The van der Waals surface area contributed by atoms with Crippen LogP contribution in [0.25, 0.3) is 0 Å². The Morgan fingerprint density at radius 3 is 2.80 bits per heavy atom. The van der Waals surface area contributed by atoms with E-state index < -0.39 is 21.3 Å². The Balaban J connectivity index is 1.79. The minimum Gasteiger partial charge on any atom is -0.383 e. The predicted molar refractivity (Wildman–Crippen MR) is 89.9 cm³/mol. The number of sulfonamides is 1. The minimum absolute atomic E-state index is 0.00717. The summed E-state index contributed by atoms with van der Waals surface area (Å²) >= 11 is 0. The lowest BCUT2D eigenvalue weighted by Gasteiger charge is -2.39. The van der Waals surface area contributed by atoms with Crippen molar-refractivity contribution in [3.05, 3.63) is 30.1 Å². The van der Waals surface area contributed by atoms with E-state index >= 15 is 0 Å². The van der Waals surface area contributed by atoms with Crippen LogP contribution < -0.4 is 0 Å². The number of halogens is 1. The Labute approximate surface area is 147 Å². The van der Waals surface area contributed by atoms with Crippen LogP contribution in [-0.2, 0) is 19.6 Å². The summed E-state index contributed by atoms with van der Waals surface area (Å²) < 4.78 is 45.4. The normalized spacial score (nSPS) is 25.0. The first-order valence-corrected chi connectivity index (χ1v) is 9.87. The molecule has 0 bridgehead atoms. The molecular formula is C17H23FN2O4S. The molecule has 1 atom stereocenters. The number of amides is 1. The summed E-state index contributed by atoms with van der Waals surface area (Å²) in [6.07, 6.45) is 2.04. The van der Waals surface area contributed by atoms with Crippen molar-refractivity contribution in [1.29, 1.82) is 0 Å². The molecule has 0 aromatic heterocycles. The van der Waals surface area contributed by atoms with Crippen LogP contribution in [0.4, 0.5) is 4.39 Å². The van der Waals surface area contributed by atoms with Crippen molar-refractivity contribution >= 4 is 15.9 Å². The Bertz CT molecular complexity index is 755. The lowest BCUT2D eigenvalue weighted by atomic mass is 9.78. The van der Waals surface area contributed by atoms with Crippen molar-refractivity contribution in [3.63, 3.8) is 0 Å². The Morgan fingerprint density at radius 1 is 1.28 bits per heavy atom. The number of benzene rings is 1. The molecule has 25 heavy (non-hydrogen) atoms. The lowest BCUT2D eigenvalue weighted by molar-refractivity contribution is -0.146. The van der Waals surface area contributed by atoms with Gasteiger partial charge in [0.25, 0.3) is 0 Å². The molecule has 0 aliphatic carbocycles. The molecule has 1 aromatic rings. The summed E-state index contributed by atoms with van der Waals surface area (Å²) in [5, 5.41) is 0. The maximum Gasteiger partial charge on any atom is 0.243 e. The molecule has 2 heterocycles. The van der Waals surface area contributed by atoms with Gasteiger partial charge in [0.2, 0.25) is 15.9 Å². The van der Waals surface area contributed by atoms with E-state index in [4.69, 9.17) is 4.74 Å². The summed E-state index contributed by atoms with van der Waals surface area (Å²) in [4.78, 5) is 14.6. The van der Waals surface area contributed by atoms with Crippen LogP contribution in [0.3, 0.4) is 0 Å². The number of nitrogens with zero attached hydrogens (tertiary/aromatic N) is 2. The topological polar surface area (TPSA) is 66.9 Å². The molecule has 0 N–H and O–H groups in total. The maximum absolute atomic E-state index is 13.4. The van der Waals surface area contributed by atoms with Gasteiger partial charge < -0.3 is 9.64 Å². The molecule has 0 radical (unpaired) electrons. The van der Waals surface area contributed by atoms with Crippen molar-refractivity contribution in [2.24, 2.45) is 5.41 Å². The molecule has 2 aliphatic heterocycles. The van der Waals surface area contributed by atoms with Gasteiger partial charge in [0.1, 0.15) is 5.82 Å². The zero-order chi connectivity index (χ0) is 18.1. The summed E-state index contributed by atoms with van der Waals surface area (Å²) in [5.41, 5.74) is -0.660. The zero-order valence-electron chi connectivity index (χ0n) is 14.3. The summed E-state index contributed by atoms with van der Waals surface area (Å²) in [6.45, 7) is 2.11. The number of methoxy groups -OCH3 is 1. The highest BCUT2D eigenvalue weighted by molar-refractivity contribution is 7.89. The number of carbonyl (C=O) groups excluding carboxylic acids is 1. The number of rotatable bonds is 5. The third-order valence-corrected chi connectivity index (χ3v) is 6.98. The molecule has 3 rings (SSSR count). The molecule has 8 heteroatoms. The van der Waals surface area contributed by atoms with Crippen molar-refractivity contribution in [2.45, 2.75) is 24.2 Å². The second-order valence-electron chi connectivity index (χ2n) is 6.71. The van der Waals surface area contributed by atoms with Crippen molar-refractivity contribution in [2.75, 3.05) is 39.9 Å². The summed E-state index contributed by atoms with van der Waals surface area (Å²) in [5.74, 6) is -0.581. The molecule has 1 spiro atoms. The van der Waals surface area contributed by atoms with Crippen LogP contribution in [0.1, 0.15) is 19.3 Å². The molecule has 0 unspecified atom stereocenters. The van der Waals surface area contributed by atoms with E-state index in [0.29, 0.717) is 32.5 Å². The van der Waals surface area contributed by atoms with Gasteiger partial charge in [-0.3, -0.25) is 4.79 Å². The number of carbonyl (C=O) groups is 1. The number of likely N-dealkylation sites (tertiary alicyclic amines) is 1. The highest BCUT2D eigenvalue weighted by atomic mass is 32.2. The highest BCUT2D eigenvalue weighted by Gasteiger charge is 2.50. The molecule has 6 nitrogen and oxygen atoms in total. The minimum atomic E-state index is -3.80. The van der Waals surface area contributed by atoms with Gasteiger partial charge in [0.15, 0.2) is 0 Å². The van der Waals surface area contributed by atoms with E-state index in [1.54, 1.807) is 12.0 Å². The van der Waals surface area contributed by atoms with E-state index in [2.05, 4.69) is 0 Å². The van der Waals surface area contributed by atoms with Crippen LogP contribution in [0, 0.1) is 11.2 Å². The zero-order valence-corrected chi connectivity index (χ0v) is 15.1. The molecule has 0 saturated carbocycles. The van der Waals surface area contributed by atoms with Gasteiger partial charge in [-0.2, -0.15) is 4.31 Å². The number of ether oxygens (including phenoxy) is 1.